The maximum Gasteiger partial charge on any atom is 0.309 e. The number of nitrogens with zero attached hydrogens (tertiary/aromatic N) is 1. The lowest BCUT2D eigenvalue weighted by molar-refractivity contribution is -0.147. The molecule has 3 nitrogen and oxygen atoms in total. The number of hydrogen-bond donors (Lipinski definition) is 0. The zero-order chi connectivity index (χ0) is 11.0. The smallest absolute Gasteiger partial charge is 0.309 e. The fraction of sp³-hybridized carbons (Fsp3) is 0.900. The summed E-state index contributed by atoms with van der Waals surface area (Å²) in [6, 6.07) is 0. The average molecular weight is 219 g/mol. The lowest BCUT2D eigenvalue weighted by Gasteiger charge is -2.19. The first-order chi connectivity index (χ1) is 6.61. The fourth-order valence-corrected chi connectivity index (χ4v) is 1.66. The lowest BCUT2D eigenvalue weighted by atomic mass is 10.2. The third kappa shape index (κ3) is 6.27. The fourth-order valence-electron chi connectivity index (χ4n) is 1.16. The third-order valence-corrected chi connectivity index (χ3v) is 2.54. The van der Waals surface area contributed by atoms with Crippen LogP contribution in [0.15, 0.2) is 0 Å². The molecule has 0 saturated heterocycles. The summed E-state index contributed by atoms with van der Waals surface area (Å²) in [4.78, 5) is 13.5. The molecule has 0 saturated carbocycles. The molecule has 0 N–H and O–H groups in total. The highest BCUT2D eigenvalue weighted by atomic mass is 32.2. The normalized spacial score (nSPS) is 12.9. The Bertz CT molecular complexity index is 164. The quantitative estimate of drug-likeness (QED) is 0.607. The SMILES string of the molecule is CCOC(=O)C(C)CN(C)CCSC. The molecule has 0 amide bonds. The predicted molar refractivity (Wildman–Crippen MR) is 61.7 cm³/mol. The van der Waals surface area contributed by atoms with Gasteiger partial charge in [0.25, 0.3) is 0 Å². The van der Waals surface area contributed by atoms with Crippen LogP contribution in [0.1, 0.15) is 13.8 Å². The van der Waals surface area contributed by atoms with Crippen LogP contribution in [0.2, 0.25) is 0 Å². The minimum Gasteiger partial charge on any atom is -0.466 e. The van der Waals surface area contributed by atoms with Crippen LogP contribution in [0.4, 0.5) is 0 Å². The van der Waals surface area contributed by atoms with E-state index in [0.717, 1.165) is 18.8 Å². The number of rotatable bonds is 7. The second-order valence-electron chi connectivity index (χ2n) is 3.41. The number of esters is 1. The molecule has 0 aromatic heterocycles. The number of carbonyl (C=O) groups excluding carboxylic acids is 1. The standard InChI is InChI=1S/C10H21NO2S/c1-5-13-10(12)9(2)8-11(3)6-7-14-4/h9H,5-8H2,1-4H3. The van der Waals surface area contributed by atoms with Gasteiger partial charge in [-0.25, -0.2) is 0 Å². The minimum absolute atomic E-state index is 0.0261. The first kappa shape index (κ1) is 13.8. The van der Waals surface area contributed by atoms with Crippen molar-refractivity contribution in [1.29, 1.82) is 0 Å². The number of thioether (sulfide) groups is 1. The maximum atomic E-state index is 11.3. The summed E-state index contributed by atoms with van der Waals surface area (Å²) >= 11 is 1.82. The Balaban J connectivity index is 3.68. The lowest BCUT2D eigenvalue weighted by Crippen LogP contribution is -2.31. The average Bonchev–Trinajstić information content (AvgIpc) is 2.15. The molecule has 0 aromatic rings. The Morgan fingerprint density at radius 1 is 1.57 bits per heavy atom. The summed E-state index contributed by atoms with van der Waals surface area (Å²) in [6.07, 6.45) is 2.09. The van der Waals surface area contributed by atoms with Gasteiger partial charge < -0.3 is 9.64 Å². The maximum absolute atomic E-state index is 11.3. The molecule has 0 fully saturated rings. The molecule has 0 aliphatic carbocycles. The molecule has 0 radical (unpaired) electrons. The highest BCUT2D eigenvalue weighted by Gasteiger charge is 2.15. The second kappa shape index (κ2) is 8.12. The van der Waals surface area contributed by atoms with E-state index >= 15 is 0 Å². The number of hydrogen-bond acceptors (Lipinski definition) is 4. The number of ether oxygens (including phenoxy) is 1. The Kier molecular flexibility index (Phi) is 7.99. The van der Waals surface area contributed by atoms with E-state index in [1.165, 1.54) is 0 Å². The van der Waals surface area contributed by atoms with Crippen LogP contribution >= 0.6 is 11.8 Å². The zero-order valence-electron chi connectivity index (χ0n) is 9.58. The van der Waals surface area contributed by atoms with Crippen molar-refractivity contribution in [3.05, 3.63) is 0 Å². The van der Waals surface area contributed by atoms with Crippen molar-refractivity contribution >= 4 is 17.7 Å². The van der Waals surface area contributed by atoms with Crippen molar-refractivity contribution in [3.63, 3.8) is 0 Å². The Morgan fingerprint density at radius 3 is 2.71 bits per heavy atom. The molecule has 4 heteroatoms. The highest BCUT2D eigenvalue weighted by Crippen LogP contribution is 2.02. The van der Waals surface area contributed by atoms with Gasteiger partial charge in [0.2, 0.25) is 0 Å². The van der Waals surface area contributed by atoms with Crippen molar-refractivity contribution in [2.45, 2.75) is 13.8 Å². The molecule has 0 aliphatic heterocycles. The molecule has 0 rings (SSSR count). The van der Waals surface area contributed by atoms with Crippen LogP contribution in [0, 0.1) is 5.92 Å². The van der Waals surface area contributed by atoms with Crippen molar-refractivity contribution in [2.24, 2.45) is 5.92 Å². The molecule has 84 valence electrons. The molecule has 0 spiro atoms. The van der Waals surface area contributed by atoms with Gasteiger partial charge in [0.1, 0.15) is 0 Å². The van der Waals surface area contributed by atoms with Gasteiger partial charge in [0.05, 0.1) is 12.5 Å². The van der Waals surface area contributed by atoms with Crippen molar-refractivity contribution in [3.8, 4) is 0 Å². The number of carbonyl (C=O) groups is 1. The van der Waals surface area contributed by atoms with E-state index in [1.807, 2.05) is 32.7 Å². The monoisotopic (exact) mass is 219 g/mol. The molecule has 0 aliphatic rings. The largest absolute Gasteiger partial charge is 0.466 e. The van der Waals surface area contributed by atoms with E-state index in [0.29, 0.717) is 6.61 Å². The van der Waals surface area contributed by atoms with Crippen LogP contribution in [-0.2, 0) is 9.53 Å². The van der Waals surface area contributed by atoms with E-state index in [2.05, 4.69) is 11.2 Å². The van der Waals surface area contributed by atoms with E-state index in [9.17, 15) is 4.79 Å². The first-order valence-electron chi connectivity index (χ1n) is 4.95. The summed E-state index contributed by atoms with van der Waals surface area (Å²) in [5.41, 5.74) is 0. The van der Waals surface area contributed by atoms with Crippen LogP contribution in [-0.4, -0.2) is 49.6 Å². The highest BCUT2D eigenvalue weighted by molar-refractivity contribution is 7.98. The van der Waals surface area contributed by atoms with Crippen LogP contribution in [0.25, 0.3) is 0 Å². The molecular formula is C10H21NO2S. The summed E-state index contributed by atoms with van der Waals surface area (Å²) in [5.74, 6) is 0.983. The second-order valence-corrected chi connectivity index (χ2v) is 4.39. The molecule has 0 bridgehead atoms. The molecule has 0 aromatic carbocycles. The first-order valence-corrected chi connectivity index (χ1v) is 6.35. The van der Waals surface area contributed by atoms with E-state index in [1.54, 1.807) is 0 Å². The minimum atomic E-state index is -0.0940. The molecule has 1 unspecified atom stereocenters. The summed E-state index contributed by atoms with van der Waals surface area (Å²) < 4.78 is 4.94. The Labute approximate surface area is 91.2 Å². The van der Waals surface area contributed by atoms with Gasteiger partial charge >= 0.3 is 5.97 Å². The van der Waals surface area contributed by atoms with Crippen LogP contribution in [0.3, 0.4) is 0 Å². The molecular weight excluding hydrogens is 198 g/mol. The Hall–Kier alpha value is -0.220. The van der Waals surface area contributed by atoms with Crippen molar-refractivity contribution < 1.29 is 9.53 Å². The van der Waals surface area contributed by atoms with Gasteiger partial charge in [-0.05, 0) is 20.2 Å². The topological polar surface area (TPSA) is 29.5 Å². The summed E-state index contributed by atoms with van der Waals surface area (Å²) in [5, 5.41) is 0. The Morgan fingerprint density at radius 2 is 2.21 bits per heavy atom. The van der Waals surface area contributed by atoms with Crippen molar-refractivity contribution in [1.82, 2.24) is 4.90 Å². The van der Waals surface area contributed by atoms with Gasteiger partial charge in [-0.2, -0.15) is 11.8 Å². The van der Waals surface area contributed by atoms with Gasteiger partial charge in [0, 0.05) is 18.8 Å². The molecule has 14 heavy (non-hydrogen) atoms. The molecule has 1 atom stereocenters. The predicted octanol–water partition coefficient (Wildman–Crippen LogP) is 1.48. The zero-order valence-corrected chi connectivity index (χ0v) is 10.4. The summed E-state index contributed by atoms with van der Waals surface area (Å²) in [6.45, 7) is 6.01. The van der Waals surface area contributed by atoms with Gasteiger partial charge in [-0.3, -0.25) is 4.79 Å². The van der Waals surface area contributed by atoms with Gasteiger partial charge in [0.15, 0.2) is 0 Å². The van der Waals surface area contributed by atoms with Crippen LogP contribution < -0.4 is 0 Å². The summed E-state index contributed by atoms with van der Waals surface area (Å²) in [7, 11) is 2.03. The molecule has 0 heterocycles. The van der Waals surface area contributed by atoms with Crippen LogP contribution in [0.5, 0.6) is 0 Å². The van der Waals surface area contributed by atoms with E-state index in [-0.39, 0.29) is 11.9 Å². The van der Waals surface area contributed by atoms with E-state index in [4.69, 9.17) is 4.74 Å². The van der Waals surface area contributed by atoms with Gasteiger partial charge in [-0.1, -0.05) is 6.92 Å². The van der Waals surface area contributed by atoms with Gasteiger partial charge in [-0.15, -0.1) is 0 Å². The van der Waals surface area contributed by atoms with Crippen molar-refractivity contribution in [2.75, 3.05) is 38.8 Å². The third-order valence-electron chi connectivity index (χ3n) is 1.95. The van der Waals surface area contributed by atoms with E-state index < -0.39 is 0 Å².